The molecule has 5 rings (SSSR count). The van der Waals surface area contributed by atoms with Gasteiger partial charge in [-0.1, -0.05) is 29.8 Å². The van der Waals surface area contributed by atoms with Crippen molar-refractivity contribution in [3.8, 4) is 5.75 Å². The first-order valence-electron chi connectivity index (χ1n) is 11.9. The van der Waals surface area contributed by atoms with Crippen LogP contribution in [0.4, 0.5) is 0 Å². The second-order valence-electron chi connectivity index (χ2n) is 9.94. The van der Waals surface area contributed by atoms with Crippen molar-refractivity contribution in [3.05, 3.63) is 64.7 Å². The van der Waals surface area contributed by atoms with Gasteiger partial charge in [-0.05, 0) is 61.4 Å². The Morgan fingerprint density at radius 1 is 1.00 bits per heavy atom. The highest BCUT2D eigenvalue weighted by molar-refractivity contribution is 7.88. The summed E-state index contributed by atoms with van der Waals surface area (Å²) in [5, 5.41) is 0. The summed E-state index contributed by atoms with van der Waals surface area (Å²) in [7, 11) is -1.71. The summed E-state index contributed by atoms with van der Waals surface area (Å²) in [6.45, 7) is 6.08. The number of ether oxygens (including phenoxy) is 2. The molecule has 2 aromatic carbocycles. The number of amides is 1. The SMILES string of the molecule is COC1CN(C(=O)c2cc(C)ccc2C)CC1Oc1cccc(CS(=O)(=O)N2CC3CC3C2)c1. The molecule has 2 aliphatic heterocycles. The van der Waals surface area contributed by atoms with Gasteiger partial charge < -0.3 is 14.4 Å². The maximum atomic E-state index is 13.2. The van der Waals surface area contributed by atoms with Crippen LogP contribution in [0.3, 0.4) is 0 Å². The highest BCUT2D eigenvalue weighted by Gasteiger charge is 2.48. The van der Waals surface area contributed by atoms with Crippen molar-refractivity contribution in [2.24, 2.45) is 11.8 Å². The number of nitrogens with zero attached hydrogens (tertiary/aromatic N) is 2. The van der Waals surface area contributed by atoms with Crippen molar-refractivity contribution in [1.82, 2.24) is 9.21 Å². The number of benzene rings is 2. The summed E-state index contributed by atoms with van der Waals surface area (Å²) < 4.78 is 39.2. The lowest BCUT2D eigenvalue weighted by atomic mass is 10.0. The first kappa shape index (κ1) is 23.3. The summed E-state index contributed by atoms with van der Waals surface area (Å²) in [6, 6.07) is 13.1. The van der Waals surface area contributed by atoms with Crippen LogP contribution >= 0.6 is 0 Å². The van der Waals surface area contributed by atoms with E-state index in [4.69, 9.17) is 9.47 Å². The number of hydrogen-bond donors (Lipinski definition) is 0. The number of aryl methyl sites for hydroxylation is 2. The Morgan fingerprint density at radius 3 is 2.47 bits per heavy atom. The van der Waals surface area contributed by atoms with Gasteiger partial charge in [-0.15, -0.1) is 0 Å². The molecule has 8 heteroatoms. The molecular weight excluding hydrogens is 452 g/mol. The van der Waals surface area contributed by atoms with Gasteiger partial charge in [0.1, 0.15) is 18.0 Å². The molecule has 1 aliphatic carbocycles. The number of piperidine rings is 1. The normalized spacial score (nSPS) is 26.5. The molecule has 1 amide bonds. The Balaban J connectivity index is 1.26. The topological polar surface area (TPSA) is 76.1 Å². The van der Waals surface area contributed by atoms with E-state index in [-0.39, 0.29) is 23.9 Å². The van der Waals surface area contributed by atoms with E-state index in [1.54, 1.807) is 22.4 Å². The lowest BCUT2D eigenvalue weighted by Gasteiger charge is -2.20. The number of rotatable bonds is 7. The van der Waals surface area contributed by atoms with E-state index >= 15 is 0 Å². The maximum Gasteiger partial charge on any atom is 0.254 e. The van der Waals surface area contributed by atoms with E-state index in [9.17, 15) is 13.2 Å². The first-order valence-corrected chi connectivity index (χ1v) is 13.5. The van der Waals surface area contributed by atoms with Crippen molar-refractivity contribution in [2.45, 2.75) is 38.2 Å². The Hall–Kier alpha value is -2.42. The minimum absolute atomic E-state index is 0.0285. The number of hydrogen-bond acceptors (Lipinski definition) is 5. The van der Waals surface area contributed by atoms with Crippen LogP contribution in [0.15, 0.2) is 42.5 Å². The summed E-state index contributed by atoms with van der Waals surface area (Å²) >= 11 is 0. The Kier molecular flexibility index (Phi) is 6.16. The van der Waals surface area contributed by atoms with Crippen LogP contribution in [0.5, 0.6) is 5.75 Å². The van der Waals surface area contributed by atoms with E-state index in [1.807, 2.05) is 50.2 Å². The third kappa shape index (κ3) is 4.72. The average molecular weight is 485 g/mol. The van der Waals surface area contributed by atoms with Gasteiger partial charge in [0.25, 0.3) is 5.91 Å². The molecule has 2 heterocycles. The number of carbonyl (C=O) groups excluding carboxylic acids is 1. The van der Waals surface area contributed by atoms with Crippen molar-refractivity contribution in [2.75, 3.05) is 33.3 Å². The van der Waals surface area contributed by atoms with Crippen LogP contribution in [0, 0.1) is 25.7 Å². The fourth-order valence-corrected chi connectivity index (χ4v) is 6.77. The highest BCUT2D eigenvalue weighted by Crippen LogP contribution is 2.46. The number of sulfonamides is 1. The van der Waals surface area contributed by atoms with E-state index in [2.05, 4.69) is 0 Å². The first-order chi connectivity index (χ1) is 16.2. The molecule has 3 fully saturated rings. The van der Waals surface area contributed by atoms with Gasteiger partial charge in [0.05, 0.1) is 18.8 Å². The molecule has 2 saturated heterocycles. The van der Waals surface area contributed by atoms with Crippen molar-refractivity contribution < 1.29 is 22.7 Å². The smallest absolute Gasteiger partial charge is 0.254 e. The minimum atomic E-state index is -3.33. The van der Waals surface area contributed by atoms with Crippen molar-refractivity contribution in [1.29, 1.82) is 0 Å². The predicted octanol–water partition coefficient (Wildman–Crippen LogP) is 3.00. The van der Waals surface area contributed by atoms with Crippen LogP contribution in [-0.2, 0) is 20.5 Å². The monoisotopic (exact) mass is 484 g/mol. The summed E-state index contributed by atoms with van der Waals surface area (Å²) in [6.07, 6.45) is 0.565. The van der Waals surface area contributed by atoms with Gasteiger partial charge in [0, 0.05) is 25.8 Å². The maximum absolute atomic E-state index is 13.2. The molecule has 0 aromatic heterocycles. The zero-order valence-electron chi connectivity index (χ0n) is 19.9. The third-order valence-electron chi connectivity index (χ3n) is 7.30. The van der Waals surface area contributed by atoms with Crippen LogP contribution in [0.1, 0.15) is 33.5 Å². The highest BCUT2D eigenvalue weighted by atomic mass is 32.2. The van der Waals surface area contributed by atoms with Gasteiger partial charge >= 0.3 is 0 Å². The predicted molar refractivity (Wildman–Crippen MR) is 129 cm³/mol. The molecule has 0 N–H and O–H groups in total. The largest absolute Gasteiger partial charge is 0.486 e. The molecule has 0 radical (unpaired) electrons. The molecule has 4 unspecified atom stereocenters. The Bertz CT molecular complexity index is 1190. The van der Waals surface area contributed by atoms with Gasteiger partial charge in [-0.2, -0.15) is 0 Å². The van der Waals surface area contributed by atoms with Gasteiger partial charge in [-0.3, -0.25) is 4.79 Å². The number of likely N-dealkylation sites (tertiary alicyclic amines) is 1. The lowest BCUT2D eigenvalue weighted by Crippen LogP contribution is -2.32. The quantitative estimate of drug-likeness (QED) is 0.604. The molecule has 4 atom stereocenters. The summed E-state index contributed by atoms with van der Waals surface area (Å²) in [5.41, 5.74) is 3.38. The molecule has 7 nitrogen and oxygen atoms in total. The van der Waals surface area contributed by atoms with Gasteiger partial charge in [0.15, 0.2) is 0 Å². The second-order valence-corrected chi connectivity index (χ2v) is 11.9. The molecule has 1 saturated carbocycles. The summed E-state index contributed by atoms with van der Waals surface area (Å²) in [5.74, 6) is 1.65. The minimum Gasteiger partial charge on any atom is -0.486 e. The molecule has 0 spiro atoms. The lowest BCUT2D eigenvalue weighted by molar-refractivity contribution is 0.0339. The Labute approximate surface area is 201 Å². The van der Waals surface area contributed by atoms with Crippen molar-refractivity contribution in [3.63, 3.8) is 0 Å². The van der Waals surface area contributed by atoms with E-state index in [0.717, 1.165) is 11.1 Å². The number of methoxy groups -OCH3 is 1. The van der Waals surface area contributed by atoms with Crippen LogP contribution in [0.25, 0.3) is 0 Å². The van der Waals surface area contributed by atoms with Crippen LogP contribution in [0.2, 0.25) is 0 Å². The van der Waals surface area contributed by atoms with E-state index in [1.165, 1.54) is 6.42 Å². The number of carbonyl (C=O) groups is 1. The fraction of sp³-hybridized carbons (Fsp3) is 0.500. The molecule has 3 aliphatic rings. The Morgan fingerprint density at radius 2 is 1.74 bits per heavy atom. The standard InChI is InChI=1S/C26H32N2O5S/c1-17-7-8-18(2)23(9-17)26(29)27-14-24(32-3)25(15-27)33-22-6-4-5-19(10-22)16-34(30,31)28-12-20-11-21(20)13-28/h4-10,20-21,24-25H,11-16H2,1-3H3. The van der Waals surface area contributed by atoms with Gasteiger partial charge in [-0.25, -0.2) is 12.7 Å². The molecule has 2 aromatic rings. The zero-order chi connectivity index (χ0) is 24.0. The number of fused-ring (bicyclic) bond motifs is 1. The second kappa shape index (κ2) is 8.98. The summed E-state index contributed by atoms with van der Waals surface area (Å²) in [4.78, 5) is 15.0. The molecule has 34 heavy (non-hydrogen) atoms. The van der Waals surface area contributed by atoms with E-state index < -0.39 is 10.0 Å². The third-order valence-corrected chi connectivity index (χ3v) is 9.09. The van der Waals surface area contributed by atoms with Crippen LogP contribution < -0.4 is 4.74 Å². The molecular formula is C26H32N2O5S. The van der Waals surface area contributed by atoms with Crippen molar-refractivity contribution >= 4 is 15.9 Å². The molecule has 0 bridgehead atoms. The zero-order valence-corrected chi connectivity index (χ0v) is 20.8. The molecule has 182 valence electrons. The van der Waals surface area contributed by atoms with Gasteiger partial charge in [0.2, 0.25) is 10.0 Å². The fourth-order valence-electron chi connectivity index (χ4n) is 5.15. The van der Waals surface area contributed by atoms with Crippen LogP contribution in [-0.4, -0.2) is 69.0 Å². The average Bonchev–Trinajstić information content (AvgIpc) is 3.21. The van der Waals surface area contributed by atoms with E-state index in [0.29, 0.717) is 54.9 Å².